The summed E-state index contributed by atoms with van der Waals surface area (Å²) in [7, 11) is -3.84. The molecule has 182 valence electrons. The highest BCUT2D eigenvalue weighted by molar-refractivity contribution is 7.90. The number of rotatable bonds is 6. The summed E-state index contributed by atoms with van der Waals surface area (Å²) in [5.74, 6) is 0.520. The minimum absolute atomic E-state index is 0.135. The average Bonchev–Trinajstić information content (AvgIpc) is 3.48. The van der Waals surface area contributed by atoms with Gasteiger partial charge in [-0.05, 0) is 98.2 Å². The second kappa shape index (κ2) is 9.70. The molecule has 0 radical (unpaired) electrons. The van der Waals surface area contributed by atoms with Gasteiger partial charge in [0.25, 0.3) is 0 Å². The van der Waals surface area contributed by atoms with Crippen molar-refractivity contribution in [1.82, 2.24) is 9.62 Å². The van der Waals surface area contributed by atoms with Gasteiger partial charge in [-0.25, -0.2) is 17.9 Å². The van der Waals surface area contributed by atoms with Crippen LogP contribution in [0, 0.1) is 5.92 Å². The van der Waals surface area contributed by atoms with E-state index >= 15 is 0 Å². The molecule has 1 fully saturated rings. The second-order valence-corrected chi connectivity index (χ2v) is 12.0. The summed E-state index contributed by atoms with van der Waals surface area (Å²) in [5.41, 5.74) is 6.83. The van der Waals surface area contributed by atoms with Crippen LogP contribution >= 0.6 is 0 Å². The van der Waals surface area contributed by atoms with Gasteiger partial charge in [-0.3, -0.25) is 4.90 Å². The van der Waals surface area contributed by atoms with Crippen LogP contribution in [0.15, 0.2) is 36.4 Å². The van der Waals surface area contributed by atoms with Crippen LogP contribution in [-0.2, 0) is 35.7 Å². The molecule has 3 aliphatic rings. The summed E-state index contributed by atoms with van der Waals surface area (Å²) in [6.07, 6.45) is 8.22. The van der Waals surface area contributed by atoms with Crippen molar-refractivity contribution in [2.75, 3.05) is 24.2 Å². The van der Waals surface area contributed by atoms with E-state index in [2.05, 4.69) is 27.9 Å². The fourth-order valence-corrected chi connectivity index (χ4v) is 7.16. The number of carbonyl (C=O) groups excluding carboxylic acids is 1. The second-order valence-electron chi connectivity index (χ2n) is 10.2. The Bertz CT molecular complexity index is 1120. The number of urea groups is 1. The number of carbonyl (C=O) groups is 1. The van der Waals surface area contributed by atoms with Crippen LogP contribution in [0.3, 0.4) is 0 Å². The maximum Gasteiger partial charge on any atom is 0.332 e. The lowest BCUT2D eigenvalue weighted by Gasteiger charge is -2.36. The van der Waals surface area contributed by atoms with Gasteiger partial charge in [-0.15, -0.1) is 0 Å². The monoisotopic (exact) mass is 481 g/mol. The number of nitrogens with one attached hydrogen (secondary N) is 2. The number of hydrogen-bond donors (Lipinski definition) is 2. The predicted octanol–water partition coefficient (Wildman–Crippen LogP) is 4.59. The molecule has 1 unspecified atom stereocenters. The van der Waals surface area contributed by atoms with Gasteiger partial charge in [-0.1, -0.05) is 43.3 Å². The molecule has 0 spiro atoms. The normalized spacial score (nSPS) is 19.4. The van der Waals surface area contributed by atoms with Crippen molar-refractivity contribution >= 4 is 21.7 Å². The molecule has 1 saturated heterocycles. The summed E-state index contributed by atoms with van der Waals surface area (Å²) in [4.78, 5) is 15.2. The fourth-order valence-electron chi connectivity index (χ4n) is 5.92. The smallest absolute Gasteiger partial charge is 0.307 e. The van der Waals surface area contributed by atoms with Gasteiger partial charge in [-0.2, -0.15) is 0 Å². The molecule has 2 amide bonds. The Morgan fingerprint density at radius 2 is 1.62 bits per heavy atom. The van der Waals surface area contributed by atoms with Gasteiger partial charge in [0, 0.05) is 5.69 Å². The molecule has 1 aliphatic heterocycles. The first-order valence-electron chi connectivity index (χ1n) is 12.7. The number of piperidine rings is 1. The van der Waals surface area contributed by atoms with Crippen LogP contribution in [0.4, 0.5) is 10.5 Å². The molecule has 2 aromatic rings. The molecular weight excluding hydrogens is 446 g/mol. The molecule has 2 aromatic carbocycles. The van der Waals surface area contributed by atoms with E-state index in [1.54, 1.807) is 0 Å². The zero-order chi connectivity index (χ0) is 23.7. The van der Waals surface area contributed by atoms with Crippen LogP contribution in [0.25, 0.3) is 0 Å². The first kappa shape index (κ1) is 23.4. The third-order valence-electron chi connectivity index (χ3n) is 7.78. The van der Waals surface area contributed by atoms with Crippen molar-refractivity contribution < 1.29 is 13.2 Å². The van der Waals surface area contributed by atoms with E-state index in [9.17, 15) is 13.2 Å². The molecule has 0 saturated carbocycles. The lowest BCUT2D eigenvalue weighted by Crippen LogP contribution is -2.43. The maximum atomic E-state index is 13.2. The summed E-state index contributed by atoms with van der Waals surface area (Å²) >= 11 is 0. The van der Waals surface area contributed by atoms with Crippen molar-refractivity contribution in [3.05, 3.63) is 64.2 Å². The largest absolute Gasteiger partial charge is 0.332 e. The Morgan fingerprint density at radius 3 is 2.24 bits per heavy atom. The van der Waals surface area contributed by atoms with E-state index in [1.165, 1.54) is 22.3 Å². The lowest BCUT2D eigenvalue weighted by atomic mass is 9.96. The average molecular weight is 482 g/mol. The van der Waals surface area contributed by atoms with Crippen LogP contribution < -0.4 is 10.0 Å². The Morgan fingerprint density at radius 1 is 1.00 bits per heavy atom. The Labute approximate surface area is 203 Å². The Balaban J connectivity index is 1.32. The molecule has 34 heavy (non-hydrogen) atoms. The van der Waals surface area contributed by atoms with Crippen molar-refractivity contribution in [1.29, 1.82) is 0 Å². The Hall–Kier alpha value is -2.38. The van der Waals surface area contributed by atoms with Gasteiger partial charge >= 0.3 is 6.03 Å². The number of aryl methyl sites for hydroxylation is 2. The standard InChI is InChI=1S/C27H35N3O3S/c1-19-13-15-30(16-14-19)25(20-7-3-2-4-8-20)18-34(32,33)29-27(31)28-26-23-11-5-9-21(23)17-22-10-6-12-24(22)26/h2-4,7-8,17,19,25H,5-6,9-16,18H2,1H3,(H2,28,29,31). The molecule has 0 aromatic heterocycles. The summed E-state index contributed by atoms with van der Waals surface area (Å²) in [6, 6.07) is 11.2. The first-order chi connectivity index (χ1) is 16.4. The Kier molecular flexibility index (Phi) is 6.67. The molecule has 2 N–H and O–H groups in total. The van der Waals surface area contributed by atoms with Crippen LogP contribution in [-0.4, -0.2) is 38.2 Å². The molecule has 7 heteroatoms. The zero-order valence-corrected chi connectivity index (χ0v) is 20.8. The van der Waals surface area contributed by atoms with Crippen molar-refractivity contribution in [2.45, 2.75) is 64.3 Å². The van der Waals surface area contributed by atoms with Gasteiger partial charge in [0.1, 0.15) is 0 Å². The van der Waals surface area contributed by atoms with Crippen molar-refractivity contribution in [3.63, 3.8) is 0 Å². The number of likely N-dealkylation sites (tertiary alicyclic amines) is 1. The fraction of sp³-hybridized carbons (Fsp3) is 0.519. The highest BCUT2D eigenvalue weighted by Gasteiger charge is 2.31. The third kappa shape index (κ3) is 5.01. The van der Waals surface area contributed by atoms with E-state index in [0.717, 1.165) is 75.7 Å². The third-order valence-corrected chi connectivity index (χ3v) is 9.03. The molecule has 2 aliphatic carbocycles. The number of hydrogen-bond acceptors (Lipinski definition) is 4. The van der Waals surface area contributed by atoms with Crippen LogP contribution in [0.1, 0.15) is 66.5 Å². The maximum absolute atomic E-state index is 13.2. The number of nitrogens with zero attached hydrogens (tertiary/aromatic N) is 1. The quantitative estimate of drug-likeness (QED) is 0.633. The highest BCUT2D eigenvalue weighted by atomic mass is 32.2. The lowest BCUT2D eigenvalue weighted by molar-refractivity contribution is 0.148. The van der Waals surface area contributed by atoms with E-state index < -0.39 is 16.1 Å². The molecule has 5 rings (SSSR count). The van der Waals surface area contributed by atoms with Gasteiger partial charge in [0.05, 0.1) is 11.8 Å². The number of amides is 2. The van der Waals surface area contributed by atoms with Gasteiger partial charge < -0.3 is 5.32 Å². The highest BCUT2D eigenvalue weighted by Crippen LogP contribution is 2.38. The minimum atomic E-state index is -3.84. The molecule has 6 nitrogen and oxygen atoms in total. The topological polar surface area (TPSA) is 78.5 Å². The summed E-state index contributed by atoms with van der Waals surface area (Å²) < 4.78 is 28.7. The predicted molar refractivity (Wildman–Crippen MR) is 136 cm³/mol. The number of anilines is 1. The molecule has 0 bridgehead atoms. The van der Waals surface area contributed by atoms with E-state index in [4.69, 9.17) is 0 Å². The summed E-state index contributed by atoms with van der Waals surface area (Å²) in [5, 5.41) is 2.95. The van der Waals surface area contributed by atoms with Crippen molar-refractivity contribution in [3.8, 4) is 0 Å². The molecule has 1 heterocycles. The molecule has 1 atom stereocenters. The van der Waals surface area contributed by atoms with E-state index in [1.807, 2.05) is 30.3 Å². The van der Waals surface area contributed by atoms with Crippen molar-refractivity contribution in [2.24, 2.45) is 5.92 Å². The van der Waals surface area contributed by atoms with Gasteiger partial charge in [0.2, 0.25) is 10.0 Å². The SMILES string of the molecule is CC1CCN(C(CS(=O)(=O)NC(=O)Nc2c3c(cc4c2CCC4)CCC3)c2ccccc2)CC1. The number of sulfonamides is 1. The zero-order valence-electron chi connectivity index (χ0n) is 20.0. The number of benzene rings is 2. The van der Waals surface area contributed by atoms with Gasteiger partial charge in [0.15, 0.2) is 0 Å². The van der Waals surface area contributed by atoms with Crippen LogP contribution in [0.5, 0.6) is 0 Å². The first-order valence-corrected chi connectivity index (χ1v) is 14.3. The molecular formula is C27H35N3O3S. The van der Waals surface area contributed by atoms with E-state index in [0.29, 0.717) is 5.92 Å². The number of fused-ring (bicyclic) bond motifs is 2. The van der Waals surface area contributed by atoms with E-state index in [-0.39, 0.29) is 11.8 Å². The summed E-state index contributed by atoms with van der Waals surface area (Å²) in [6.45, 7) is 3.98. The minimum Gasteiger partial charge on any atom is -0.307 e. The van der Waals surface area contributed by atoms with Crippen LogP contribution in [0.2, 0.25) is 0 Å².